The van der Waals surface area contributed by atoms with Gasteiger partial charge >= 0.3 is 12.2 Å². The molecule has 1 aliphatic carbocycles. The second kappa shape index (κ2) is 12.4. The van der Waals surface area contributed by atoms with Crippen LogP contribution >= 0.6 is 0 Å². The van der Waals surface area contributed by atoms with E-state index in [-0.39, 0.29) is 29.5 Å². The Morgan fingerprint density at radius 2 is 1.87 bits per heavy atom. The van der Waals surface area contributed by atoms with Gasteiger partial charge in [0.05, 0.1) is 35.5 Å². The number of alkyl halides is 3. The number of carbonyl (C=O) groups excluding carboxylic acids is 2. The number of hydrogen-bond donors (Lipinski definition) is 3. The van der Waals surface area contributed by atoms with Crippen LogP contribution in [0.3, 0.4) is 0 Å². The number of allylic oxidation sites excluding steroid dienone is 3. The van der Waals surface area contributed by atoms with Crippen molar-refractivity contribution in [1.29, 1.82) is 0 Å². The van der Waals surface area contributed by atoms with Crippen LogP contribution in [-0.2, 0) is 25.1 Å². The number of amides is 2. The molecule has 2 aromatic heterocycles. The molecule has 0 fully saturated rings. The van der Waals surface area contributed by atoms with Crippen molar-refractivity contribution < 1.29 is 45.0 Å². The van der Waals surface area contributed by atoms with Gasteiger partial charge in [0, 0.05) is 18.6 Å². The summed E-state index contributed by atoms with van der Waals surface area (Å²) < 4.78 is 76.6. The molecule has 3 rings (SSSR count). The standard InChI is InChI=1S/C21H22F3N5O4.C2H6O3S/c1-5-32-15-8-12(30)6-7-13(15)18-25-10-14(11(2)26-18)27-19(31)28-17-9-16(33-29-17)20(3,4)21(22,23)24;1-2-6(3,4)5/h7-10H,5-6H2,1-4H3,(H2,27,28,29,31);2H2,1H3,(H,3,4,5). The van der Waals surface area contributed by atoms with Gasteiger partial charge in [0.15, 0.2) is 23.2 Å². The average molecular weight is 576 g/mol. The van der Waals surface area contributed by atoms with Gasteiger partial charge in [-0.15, -0.1) is 0 Å². The van der Waals surface area contributed by atoms with Gasteiger partial charge in [0.1, 0.15) is 11.2 Å². The molecule has 0 saturated heterocycles. The van der Waals surface area contributed by atoms with E-state index in [0.29, 0.717) is 29.5 Å². The van der Waals surface area contributed by atoms with Crippen LogP contribution in [0.15, 0.2) is 34.7 Å². The molecular weight excluding hydrogens is 547 g/mol. The van der Waals surface area contributed by atoms with E-state index in [4.69, 9.17) is 13.8 Å². The van der Waals surface area contributed by atoms with Crippen LogP contribution in [0.2, 0.25) is 0 Å². The number of ether oxygens (including phenoxy) is 1. The monoisotopic (exact) mass is 575 g/mol. The molecule has 2 amide bonds. The van der Waals surface area contributed by atoms with Crippen LogP contribution in [0.25, 0.3) is 5.57 Å². The molecule has 0 spiro atoms. The maximum absolute atomic E-state index is 13.1. The fourth-order valence-electron chi connectivity index (χ4n) is 2.82. The second-order valence-corrected chi connectivity index (χ2v) is 10.3. The number of halogens is 3. The van der Waals surface area contributed by atoms with E-state index in [1.165, 1.54) is 19.2 Å². The molecule has 0 radical (unpaired) electrons. The minimum atomic E-state index is -4.56. The Labute approximate surface area is 222 Å². The molecule has 0 saturated carbocycles. The number of nitrogens with one attached hydrogen (secondary N) is 2. The summed E-state index contributed by atoms with van der Waals surface area (Å²) in [5.74, 6) is -0.225. The van der Waals surface area contributed by atoms with Crippen LogP contribution in [0, 0.1) is 6.92 Å². The molecule has 3 N–H and O–H groups in total. The Bertz CT molecular complexity index is 1380. The van der Waals surface area contributed by atoms with Crippen molar-refractivity contribution in [3.05, 3.63) is 47.5 Å². The summed E-state index contributed by atoms with van der Waals surface area (Å²) in [6.07, 6.45) is 0.0804. The third kappa shape index (κ3) is 8.61. The fourth-order valence-corrected chi connectivity index (χ4v) is 2.82. The Kier molecular flexibility index (Phi) is 9.97. The zero-order chi connectivity index (χ0) is 29.6. The predicted molar refractivity (Wildman–Crippen MR) is 134 cm³/mol. The van der Waals surface area contributed by atoms with E-state index in [0.717, 1.165) is 19.9 Å². The first-order chi connectivity index (χ1) is 18.0. The Morgan fingerprint density at radius 1 is 1.23 bits per heavy atom. The summed E-state index contributed by atoms with van der Waals surface area (Å²) >= 11 is 0. The molecule has 0 bridgehead atoms. The molecule has 2 aromatic rings. The smallest absolute Gasteiger partial charge is 0.401 e. The summed E-state index contributed by atoms with van der Waals surface area (Å²) in [7, 11) is -3.66. The van der Waals surface area contributed by atoms with Crippen molar-refractivity contribution in [3.8, 4) is 0 Å². The molecule has 214 valence electrons. The largest absolute Gasteiger partial charge is 0.493 e. The van der Waals surface area contributed by atoms with Crippen molar-refractivity contribution in [2.45, 2.75) is 52.6 Å². The molecule has 0 unspecified atom stereocenters. The van der Waals surface area contributed by atoms with Crippen molar-refractivity contribution in [2.75, 3.05) is 23.0 Å². The summed E-state index contributed by atoms with van der Waals surface area (Å²) in [6, 6.07) is 0.245. The Morgan fingerprint density at radius 3 is 2.41 bits per heavy atom. The molecule has 0 atom stereocenters. The fraction of sp³-hybridized carbons (Fsp3) is 0.435. The van der Waals surface area contributed by atoms with E-state index >= 15 is 0 Å². The average Bonchev–Trinajstić information content (AvgIpc) is 3.29. The lowest BCUT2D eigenvalue weighted by atomic mass is 9.89. The van der Waals surface area contributed by atoms with Gasteiger partial charge in [-0.05, 0) is 34.6 Å². The lowest BCUT2D eigenvalue weighted by Gasteiger charge is -2.24. The molecule has 1 aliphatic rings. The number of ketones is 1. The Balaban J connectivity index is 0.000000798. The molecule has 12 nitrogen and oxygen atoms in total. The molecule has 16 heteroatoms. The zero-order valence-corrected chi connectivity index (χ0v) is 22.5. The molecule has 0 aromatic carbocycles. The SMILES string of the molecule is CCOC1=CC(=O)CC=C1c1ncc(NC(=O)Nc2cc(C(C)(C)C(F)(F)F)on2)c(C)n1.CCS(=O)(=O)O. The Hall–Kier alpha value is -3.79. The summed E-state index contributed by atoms with van der Waals surface area (Å²) in [4.78, 5) is 32.5. The predicted octanol–water partition coefficient (Wildman–Crippen LogP) is 4.43. The highest BCUT2D eigenvalue weighted by Gasteiger charge is 2.51. The number of carbonyl (C=O) groups is 2. The van der Waals surface area contributed by atoms with Gasteiger partial charge < -0.3 is 14.6 Å². The first-order valence-electron chi connectivity index (χ1n) is 11.5. The van der Waals surface area contributed by atoms with Gasteiger partial charge in [-0.2, -0.15) is 21.6 Å². The summed E-state index contributed by atoms with van der Waals surface area (Å²) in [5.41, 5.74) is -1.02. The van der Waals surface area contributed by atoms with Gasteiger partial charge in [-0.25, -0.2) is 14.8 Å². The van der Waals surface area contributed by atoms with Crippen LogP contribution in [0.5, 0.6) is 0 Å². The third-order valence-corrected chi connectivity index (χ3v) is 6.00. The topological polar surface area (TPSA) is 174 Å². The number of hydrogen-bond acceptors (Lipinski definition) is 9. The van der Waals surface area contributed by atoms with Gasteiger partial charge in [-0.3, -0.25) is 14.7 Å². The van der Waals surface area contributed by atoms with Crippen molar-refractivity contribution in [2.24, 2.45) is 0 Å². The normalized spacial score (nSPS) is 14.0. The number of aryl methyl sites for hydroxylation is 1. The number of nitrogens with zero attached hydrogens (tertiary/aromatic N) is 3. The quantitative estimate of drug-likeness (QED) is 0.401. The molecule has 0 aliphatic heterocycles. The number of aromatic nitrogens is 3. The number of urea groups is 1. The summed E-state index contributed by atoms with van der Waals surface area (Å²) in [6.45, 7) is 7.05. The van der Waals surface area contributed by atoms with Gasteiger partial charge in [-0.1, -0.05) is 11.2 Å². The maximum Gasteiger partial charge on any atom is 0.401 e. The number of anilines is 2. The highest BCUT2D eigenvalue weighted by molar-refractivity contribution is 7.85. The van der Waals surface area contributed by atoms with E-state index in [1.807, 2.05) is 0 Å². The lowest BCUT2D eigenvalue weighted by molar-refractivity contribution is -0.185. The minimum Gasteiger partial charge on any atom is -0.493 e. The highest BCUT2D eigenvalue weighted by atomic mass is 32.2. The molecule has 39 heavy (non-hydrogen) atoms. The van der Waals surface area contributed by atoms with Gasteiger partial charge in [0.2, 0.25) is 0 Å². The maximum atomic E-state index is 13.1. The van der Waals surface area contributed by atoms with Crippen molar-refractivity contribution in [3.63, 3.8) is 0 Å². The lowest BCUT2D eigenvalue weighted by Crippen LogP contribution is -2.35. The van der Waals surface area contributed by atoms with Crippen LogP contribution in [-0.4, -0.2) is 58.4 Å². The van der Waals surface area contributed by atoms with E-state index < -0.39 is 33.5 Å². The van der Waals surface area contributed by atoms with Crippen LogP contribution in [0.4, 0.5) is 29.5 Å². The third-order valence-electron chi connectivity index (χ3n) is 5.27. The first-order valence-corrected chi connectivity index (χ1v) is 13.1. The first kappa shape index (κ1) is 31.4. The van der Waals surface area contributed by atoms with E-state index in [9.17, 15) is 31.2 Å². The zero-order valence-electron chi connectivity index (χ0n) is 21.7. The summed E-state index contributed by atoms with van der Waals surface area (Å²) in [5, 5.41) is 8.30. The van der Waals surface area contributed by atoms with Crippen molar-refractivity contribution in [1.82, 2.24) is 15.1 Å². The van der Waals surface area contributed by atoms with Crippen molar-refractivity contribution >= 4 is 39.0 Å². The second-order valence-electron chi connectivity index (χ2n) is 8.57. The van der Waals surface area contributed by atoms with Gasteiger partial charge in [0.25, 0.3) is 10.1 Å². The minimum absolute atomic E-state index is 0.0940. The van der Waals surface area contributed by atoms with E-state index in [2.05, 4.69) is 25.8 Å². The number of rotatable bonds is 7. The molecule has 2 heterocycles. The molecular formula is C23H28F3N5O7S. The highest BCUT2D eigenvalue weighted by Crippen LogP contribution is 2.41. The van der Waals surface area contributed by atoms with Crippen LogP contribution in [0.1, 0.15) is 51.4 Å². The van der Waals surface area contributed by atoms with Crippen LogP contribution < -0.4 is 10.6 Å². The van der Waals surface area contributed by atoms with E-state index in [1.54, 1.807) is 19.9 Å².